The van der Waals surface area contributed by atoms with E-state index in [2.05, 4.69) is 15.3 Å². The number of aryl methyl sites for hydroxylation is 1. The summed E-state index contributed by atoms with van der Waals surface area (Å²) in [5.74, 6) is 0.752. The Kier molecular flexibility index (Phi) is 3.36. The molecule has 0 fully saturated rings. The van der Waals surface area contributed by atoms with Gasteiger partial charge in [0, 0.05) is 30.7 Å². The van der Waals surface area contributed by atoms with Gasteiger partial charge in [0.1, 0.15) is 5.82 Å². The minimum Gasteiger partial charge on any atom is -0.396 e. The van der Waals surface area contributed by atoms with Gasteiger partial charge in [-0.15, -0.1) is 11.3 Å². The van der Waals surface area contributed by atoms with Crippen LogP contribution in [0.25, 0.3) is 0 Å². The molecule has 0 unspecified atom stereocenters. The fraction of sp³-hybridized carbons (Fsp3) is 0.273. The van der Waals surface area contributed by atoms with Crippen molar-refractivity contribution in [3.05, 3.63) is 34.4 Å². The van der Waals surface area contributed by atoms with Crippen molar-refractivity contribution in [3.8, 4) is 0 Å². The van der Waals surface area contributed by atoms with Gasteiger partial charge < -0.3 is 11.1 Å². The molecule has 0 amide bonds. The van der Waals surface area contributed by atoms with Gasteiger partial charge in [0.25, 0.3) is 0 Å². The Hall–Kier alpha value is -1.62. The molecule has 0 aliphatic heterocycles. The molecule has 2 heterocycles. The molecular formula is C11H14N4S. The maximum Gasteiger partial charge on any atom is 0.149 e. The van der Waals surface area contributed by atoms with Gasteiger partial charge in [-0.1, -0.05) is 0 Å². The van der Waals surface area contributed by atoms with E-state index in [-0.39, 0.29) is 0 Å². The van der Waals surface area contributed by atoms with E-state index in [1.165, 1.54) is 0 Å². The van der Waals surface area contributed by atoms with Gasteiger partial charge in [0.05, 0.1) is 10.7 Å². The van der Waals surface area contributed by atoms with Gasteiger partial charge in [-0.3, -0.25) is 0 Å². The maximum atomic E-state index is 5.84. The number of nitrogens with one attached hydrogen (secondary N) is 1. The molecule has 0 atom stereocenters. The lowest BCUT2D eigenvalue weighted by molar-refractivity contribution is 0.987. The SMILES string of the molecule is Cc1cnc(NCCc2nccs2)c(N)c1. The molecule has 0 bridgehead atoms. The molecule has 0 aromatic carbocycles. The van der Waals surface area contributed by atoms with Crippen LogP contribution in [0, 0.1) is 6.92 Å². The van der Waals surface area contributed by atoms with Crippen molar-refractivity contribution < 1.29 is 0 Å². The number of hydrogen-bond donors (Lipinski definition) is 2. The summed E-state index contributed by atoms with van der Waals surface area (Å²) in [5, 5.41) is 6.31. The van der Waals surface area contributed by atoms with Crippen LogP contribution < -0.4 is 11.1 Å². The second-order valence-electron chi connectivity index (χ2n) is 3.55. The van der Waals surface area contributed by atoms with E-state index in [0.717, 1.165) is 29.4 Å². The number of hydrogen-bond acceptors (Lipinski definition) is 5. The summed E-state index contributed by atoms with van der Waals surface area (Å²) in [6, 6.07) is 1.92. The molecule has 4 nitrogen and oxygen atoms in total. The van der Waals surface area contributed by atoms with Crippen LogP contribution in [-0.2, 0) is 6.42 Å². The first kappa shape index (κ1) is 10.9. The Morgan fingerprint density at radius 3 is 3.00 bits per heavy atom. The van der Waals surface area contributed by atoms with Crippen LogP contribution >= 0.6 is 11.3 Å². The zero-order chi connectivity index (χ0) is 11.4. The van der Waals surface area contributed by atoms with Crippen molar-refractivity contribution in [3.63, 3.8) is 0 Å². The van der Waals surface area contributed by atoms with Crippen molar-refractivity contribution in [2.75, 3.05) is 17.6 Å². The molecule has 5 heteroatoms. The Morgan fingerprint density at radius 1 is 1.44 bits per heavy atom. The zero-order valence-electron chi connectivity index (χ0n) is 9.10. The van der Waals surface area contributed by atoms with Crippen molar-refractivity contribution in [1.82, 2.24) is 9.97 Å². The number of nitrogen functional groups attached to an aromatic ring is 1. The average molecular weight is 234 g/mol. The van der Waals surface area contributed by atoms with E-state index < -0.39 is 0 Å². The molecule has 0 spiro atoms. The molecule has 3 N–H and O–H groups in total. The van der Waals surface area contributed by atoms with Gasteiger partial charge in [-0.2, -0.15) is 0 Å². The molecule has 84 valence electrons. The standard InChI is InChI=1S/C11H14N4S/c1-8-6-9(12)11(15-7-8)14-3-2-10-13-4-5-16-10/h4-7H,2-3,12H2,1H3,(H,14,15). The molecular weight excluding hydrogens is 220 g/mol. The van der Waals surface area contributed by atoms with Gasteiger partial charge in [-0.25, -0.2) is 9.97 Å². The van der Waals surface area contributed by atoms with E-state index in [1.807, 2.05) is 30.8 Å². The van der Waals surface area contributed by atoms with E-state index in [9.17, 15) is 0 Å². The molecule has 0 radical (unpaired) electrons. The third-order valence-electron chi connectivity index (χ3n) is 2.17. The van der Waals surface area contributed by atoms with Crippen molar-refractivity contribution in [1.29, 1.82) is 0 Å². The first-order valence-corrected chi connectivity index (χ1v) is 5.98. The van der Waals surface area contributed by atoms with Crippen LogP contribution in [0.15, 0.2) is 23.8 Å². The molecule has 2 aromatic rings. The molecule has 0 aliphatic carbocycles. The Balaban J connectivity index is 1.90. The Morgan fingerprint density at radius 2 is 2.31 bits per heavy atom. The fourth-order valence-electron chi connectivity index (χ4n) is 1.40. The first-order chi connectivity index (χ1) is 7.75. The summed E-state index contributed by atoms with van der Waals surface area (Å²) in [4.78, 5) is 8.45. The lowest BCUT2D eigenvalue weighted by atomic mass is 10.3. The van der Waals surface area contributed by atoms with Gasteiger partial charge >= 0.3 is 0 Å². The van der Waals surface area contributed by atoms with Crippen LogP contribution in [-0.4, -0.2) is 16.5 Å². The monoisotopic (exact) mass is 234 g/mol. The van der Waals surface area contributed by atoms with E-state index in [1.54, 1.807) is 11.3 Å². The Labute approximate surface area is 98.6 Å². The number of nitrogens with zero attached hydrogens (tertiary/aromatic N) is 2. The summed E-state index contributed by atoms with van der Waals surface area (Å²) in [7, 11) is 0. The maximum absolute atomic E-state index is 5.84. The van der Waals surface area contributed by atoms with Gasteiger partial charge in [-0.05, 0) is 18.6 Å². The highest BCUT2D eigenvalue weighted by Gasteiger charge is 2.01. The third kappa shape index (κ3) is 2.70. The molecule has 2 aromatic heterocycles. The molecule has 2 rings (SSSR count). The molecule has 16 heavy (non-hydrogen) atoms. The summed E-state index contributed by atoms with van der Waals surface area (Å²) in [5.41, 5.74) is 7.61. The zero-order valence-corrected chi connectivity index (χ0v) is 9.92. The van der Waals surface area contributed by atoms with Crippen molar-refractivity contribution in [2.24, 2.45) is 0 Å². The largest absolute Gasteiger partial charge is 0.396 e. The van der Waals surface area contributed by atoms with Crippen LogP contribution in [0.4, 0.5) is 11.5 Å². The van der Waals surface area contributed by atoms with Gasteiger partial charge in [0.15, 0.2) is 0 Å². The number of pyridine rings is 1. The Bertz CT molecular complexity index is 453. The molecule has 0 aliphatic rings. The summed E-state index contributed by atoms with van der Waals surface area (Å²) in [6.07, 6.45) is 4.52. The lowest BCUT2D eigenvalue weighted by Crippen LogP contribution is -2.08. The fourth-order valence-corrected chi connectivity index (χ4v) is 2.02. The van der Waals surface area contributed by atoms with E-state index in [4.69, 9.17) is 5.73 Å². The second kappa shape index (κ2) is 4.94. The van der Waals surface area contributed by atoms with E-state index >= 15 is 0 Å². The minimum atomic E-state index is 0.694. The topological polar surface area (TPSA) is 63.8 Å². The van der Waals surface area contributed by atoms with Crippen LogP contribution in [0.1, 0.15) is 10.6 Å². The minimum absolute atomic E-state index is 0.694. The summed E-state index contributed by atoms with van der Waals surface area (Å²) < 4.78 is 0. The highest BCUT2D eigenvalue weighted by molar-refractivity contribution is 7.09. The number of thiazole rings is 1. The number of anilines is 2. The van der Waals surface area contributed by atoms with E-state index in [0.29, 0.717) is 5.69 Å². The number of rotatable bonds is 4. The van der Waals surface area contributed by atoms with Crippen molar-refractivity contribution in [2.45, 2.75) is 13.3 Å². The second-order valence-corrected chi connectivity index (χ2v) is 4.53. The smallest absolute Gasteiger partial charge is 0.149 e. The van der Waals surface area contributed by atoms with Crippen LogP contribution in [0.2, 0.25) is 0 Å². The summed E-state index contributed by atoms with van der Waals surface area (Å²) in [6.45, 7) is 2.77. The highest BCUT2D eigenvalue weighted by Crippen LogP contribution is 2.15. The third-order valence-corrected chi connectivity index (χ3v) is 3.01. The number of aromatic nitrogens is 2. The highest BCUT2D eigenvalue weighted by atomic mass is 32.1. The molecule has 0 saturated heterocycles. The van der Waals surface area contributed by atoms with Gasteiger partial charge in [0.2, 0.25) is 0 Å². The van der Waals surface area contributed by atoms with Crippen LogP contribution in [0.3, 0.4) is 0 Å². The van der Waals surface area contributed by atoms with Crippen molar-refractivity contribution >= 4 is 22.8 Å². The quantitative estimate of drug-likeness (QED) is 0.850. The average Bonchev–Trinajstić information content (AvgIpc) is 2.74. The summed E-state index contributed by atoms with van der Waals surface area (Å²) >= 11 is 1.66. The first-order valence-electron chi connectivity index (χ1n) is 5.10. The predicted molar refractivity (Wildman–Crippen MR) is 67.7 cm³/mol. The normalized spacial score (nSPS) is 10.3. The number of nitrogens with two attached hydrogens (primary N) is 1. The predicted octanol–water partition coefficient (Wildman–Crippen LogP) is 2.08. The van der Waals surface area contributed by atoms with Crippen LogP contribution in [0.5, 0.6) is 0 Å². The molecule has 0 saturated carbocycles. The lowest BCUT2D eigenvalue weighted by Gasteiger charge is -2.07.